The first-order valence-corrected chi connectivity index (χ1v) is 7.56. The molecule has 0 aromatic heterocycles. The van der Waals surface area contributed by atoms with Gasteiger partial charge in [0, 0.05) is 28.0 Å². The number of benzene rings is 1. The molecule has 2 aliphatic heterocycles. The van der Waals surface area contributed by atoms with Gasteiger partial charge in [0.25, 0.3) is 0 Å². The zero-order valence-corrected chi connectivity index (χ0v) is 10.4. The second-order valence-corrected chi connectivity index (χ2v) is 6.43. The van der Waals surface area contributed by atoms with Crippen molar-refractivity contribution in [2.75, 3.05) is 23.1 Å². The molecule has 1 aromatic carbocycles. The highest BCUT2D eigenvalue weighted by molar-refractivity contribution is 8.18. The minimum absolute atomic E-state index is 1.19. The summed E-state index contributed by atoms with van der Waals surface area (Å²) in [5.41, 5.74) is 1.49. The highest BCUT2D eigenvalue weighted by Gasteiger charge is 2.20. The molecular weight excluding hydrogens is 222 g/mol. The molecule has 2 aliphatic rings. The predicted octanol–water partition coefficient (Wildman–Crippen LogP) is 3.83. The lowest BCUT2D eigenvalue weighted by molar-refractivity contribution is 0.574. The van der Waals surface area contributed by atoms with Gasteiger partial charge in [0.15, 0.2) is 0 Å². The van der Waals surface area contributed by atoms with E-state index in [1.165, 1.54) is 52.9 Å². The van der Waals surface area contributed by atoms with Crippen LogP contribution in [-0.2, 0) is 0 Å². The second kappa shape index (κ2) is 4.30. The van der Waals surface area contributed by atoms with E-state index in [4.69, 9.17) is 0 Å². The zero-order valence-electron chi connectivity index (χ0n) is 8.74. The number of piperidine rings is 1. The molecule has 1 nitrogen and oxygen atoms in total. The highest BCUT2D eigenvalue weighted by atomic mass is 32.2. The molecule has 0 saturated carbocycles. The Kier molecular flexibility index (Phi) is 2.84. The molecule has 15 heavy (non-hydrogen) atoms. The molecule has 0 aliphatic carbocycles. The van der Waals surface area contributed by atoms with Gasteiger partial charge in [-0.3, -0.25) is 0 Å². The van der Waals surface area contributed by atoms with Gasteiger partial charge in [0.1, 0.15) is 0 Å². The Hall–Kier alpha value is -0.280. The van der Waals surface area contributed by atoms with Crippen LogP contribution in [-0.4, -0.2) is 18.2 Å². The first-order chi connectivity index (χ1) is 7.45. The summed E-state index contributed by atoms with van der Waals surface area (Å²) in [5.74, 6) is 0. The van der Waals surface area contributed by atoms with Crippen LogP contribution in [0.3, 0.4) is 0 Å². The molecule has 1 saturated heterocycles. The van der Waals surface area contributed by atoms with E-state index in [-0.39, 0.29) is 0 Å². The Labute approximate surface area is 99.6 Å². The lowest BCUT2D eigenvalue weighted by atomic mass is 10.1. The van der Waals surface area contributed by atoms with Crippen LogP contribution in [0, 0.1) is 0 Å². The fourth-order valence-electron chi connectivity index (χ4n) is 2.30. The fraction of sp³-hybridized carbons (Fsp3) is 0.500. The number of fused-ring (bicyclic) bond motifs is 1. The van der Waals surface area contributed by atoms with E-state index in [1.54, 1.807) is 0 Å². The van der Waals surface area contributed by atoms with Crippen molar-refractivity contribution >= 4 is 29.2 Å². The molecule has 0 N–H and O–H groups in total. The molecule has 0 unspecified atom stereocenters. The van der Waals surface area contributed by atoms with E-state index >= 15 is 0 Å². The van der Waals surface area contributed by atoms with Gasteiger partial charge in [-0.2, -0.15) is 0 Å². The summed E-state index contributed by atoms with van der Waals surface area (Å²) in [4.78, 5) is 5.59. The van der Waals surface area contributed by atoms with E-state index in [2.05, 4.69) is 23.1 Å². The van der Waals surface area contributed by atoms with Crippen LogP contribution in [0.5, 0.6) is 0 Å². The smallest absolute Gasteiger partial charge is 0.0516 e. The summed E-state index contributed by atoms with van der Waals surface area (Å²) in [7, 11) is 0. The molecule has 3 heteroatoms. The largest absolute Gasteiger partial charge is 0.371 e. The van der Waals surface area contributed by atoms with Crippen LogP contribution in [0.2, 0.25) is 0 Å². The molecule has 0 spiro atoms. The number of anilines is 1. The highest BCUT2D eigenvalue weighted by Crippen LogP contribution is 2.47. The monoisotopic (exact) mass is 237 g/mol. The van der Waals surface area contributed by atoms with Crippen LogP contribution in [0.4, 0.5) is 5.69 Å². The van der Waals surface area contributed by atoms with Gasteiger partial charge in [-0.1, -0.05) is 6.07 Å². The van der Waals surface area contributed by atoms with Crippen molar-refractivity contribution in [3.05, 3.63) is 18.2 Å². The van der Waals surface area contributed by atoms with Gasteiger partial charge in [-0.15, -0.1) is 23.5 Å². The molecule has 0 bridgehead atoms. The van der Waals surface area contributed by atoms with Gasteiger partial charge in [-0.25, -0.2) is 0 Å². The molecular formula is C12H15NS2. The summed E-state index contributed by atoms with van der Waals surface area (Å²) in [6.07, 6.45) is 4.14. The summed E-state index contributed by atoms with van der Waals surface area (Å²) in [6.45, 7) is 2.50. The van der Waals surface area contributed by atoms with Crippen molar-refractivity contribution in [2.24, 2.45) is 0 Å². The number of nitrogens with zero attached hydrogens (tertiary/aromatic N) is 1. The first kappa shape index (κ1) is 9.91. The van der Waals surface area contributed by atoms with Crippen molar-refractivity contribution in [3.8, 4) is 0 Å². The maximum absolute atomic E-state index is 2.57. The molecule has 80 valence electrons. The van der Waals surface area contributed by atoms with Gasteiger partial charge >= 0.3 is 0 Å². The third kappa shape index (κ3) is 1.87. The molecule has 0 radical (unpaired) electrons. The molecule has 1 fully saturated rings. The van der Waals surface area contributed by atoms with E-state index in [0.717, 1.165) is 0 Å². The Balaban J connectivity index is 1.93. The molecule has 3 rings (SSSR count). The van der Waals surface area contributed by atoms with Gasteiger partial charge < -0.3 is 4.90 Å². The summed E-state index contributed by atoms with van der Waals surface area (Å²) in [6, 6.07) is 6.76. The standard InChI is InChI=1S/C12H15NS2/c1-2-7-13(8-3-1)10-5-4-6-11-12(10)15-9-14-11/h4-6H,1-3,7-9H2. The van der Waals surface area contributed by atoms with Crippen LogP contribution < -0.4 is 4.90 Å². The van der Waals surface area contributed by atoms with Crippen molar-refractivity contribution in [1.29, 1.82) is 0 Å². The van der Waals surface area contributed by atoms with Crippen molar-refractivity contribution in [1.82, 2.24) is 0 Å². The number of hydrogen-bond donors (Lipinski definition) is 0. The van der Waals surface area contributed by atoms with Gasteiger partial charge in [0.05, 0.1) is 5.69 Å². The van der Waals surface area contributed by atoms with Crippen molar-refractivity contribution in [3.63, 3.8) is 0 Å². The first-order valence-electron chi connectivity index (χ1n) is 5.59. The summed E-state index contributed by atoms with van der Waals surface area (Å²) in [5, 5.41) is 1.19. The molecule has 1 aromatic rings. The van der Waals surface area contributed by atoms with Gasteiger partial charge in [-0.05, 0) is 31.4 Å². The molecule has 0 atom stereocenters. The molecule has 2 heterocycles. The summed E-state index contributed by atoms with van der Waals surface area (Å²) >= 11 is 3.99. The average Bonchev–Trinajstić information content (AvgIpc) is 2.78. The maximum atomic E-state index is 2.57. The SMILES string of the molecule is c1cc2c(c(N3CCCCC3)c1)SCS2. The van der Waals surface area contributed by atoms with Crippen LogP contribution in [0.15, 0.2) is 28.0 Å². The Bertz CT molecular complexity index is 359. The number of rotatable bonds is 1. The third-order valence-corrected chi connectivity index (χ3v) is 5.51. The van der Waals surface area contributed by atoms with E-state index in [9.17, 15) is 0 Å². The Morgan fingerprint density at radius 2 is 1.87 bits per heavy atom. The predicted molar refractivity (Wildman–Crippen MR) is 69.1 cm³/mol. The second-order valence-electron chi connectivity index (χ2n) is 4.06. The third-order valence-electron chi connectivity index (χ3n) is 3.07. The van der Waals surface area contributed by atoms with Crippen LogP contribution >= 0.6 is 23.5 Å². The molecule has 0 amide bonds. The lowest BCUT2D eigenvalue weighted by Crippen LogP contribution is -2.29. The van der Waals surface area contributed by atoms with Crippen LogP contribution in [0.1, 0.15) is 19.3 Å². The minimum atomic E-state index is 1.19. The number of hydrogen-bond acceptors (Lipinski definition) is 3. The van der Waals surface area contributed by atoms with E-state index < -0.39 is 0 Å². The lowest BCUT2D eigenvalue weighted by Gasteiger charge is -2.30. The summed E-state index contributed by atoms with van der Waals surface area (Å²) < 4.78 is 0. The topological polar surface area (TPSA) is 3.24 Å². The average molecular weight is 237 g/mol. The van der Waals surface area contributed by atoms with Gasteiger partial charge in [0.2, 0.25) is 0 Å². The fourth-order valence-corrected chi connectivity index (χ4v) is 4.83. The van der Waals surface area contributed by atoms with Crippen molar-refractivity contribution < 1.29 is 0 Å². The minimum Gasteiger partial charge on any atom is -0.371 e. The number of thioether (sulfide) groups is 2. The maximum Gasteiger partial charge on any atom is 0.0516 e. The Morgan fingerprint density at radius 1 is 1.00 bits per heavy atom. The zero-order chi connectivity index (χ0) is 10.1. The van der Waals surface area contributed by atoms with Crippen molar-refractivity contribution in [2.45, 2.75) is 29.1 Å². The van der Waals surface area contributed by atoms with Crippen LogP contribution in [0.25, 0.3) is 0 Å². The normalized spacial score (nSPS) is 20.4. The Morgan fingerprint density at radius 3 is 2.73 bits per heavy atom. The van der Waals surface area contributed by atoms with E-state index in [0.29, 0.717) is 0 Å². The van der Waals surface area contributed by atoms with E-state index in [1.807, 2.05) is 23.5 Å². The quantitative estimate of drug-likeness (QED) is 0.731.